The smallest absolute Gasteiger partial charge is 0.171 e. The Labute approximate surface area is 132 Å². The number of aromatic nitrogens is 2. The molecular weight excluding hydrogens is 302 g/mol. The van der Waals surface area contributed by atoms with Crippen LogP contribution in [0.25, 0.3) is 11.0 Å². The van der Waals surface area contributed by atoms with Crippen molar-refractivity contribution in [2.24, 2.45) is 5.73 Å². The number of halogens is 1. The Balaban J connectivity index is 1.98. The van der Waals surface area contributed by atoms with Crippen LogP contribution in [0.15, 0.2) is 46.5 Å². The second-order valence-corrected chi connectivity index (χ2v) is 6.34. The van der Waals surface area contributed by atoms with E-state index in [2.05, 4.69) is 35.1 Å². The minimum atomic E-state index is 0.604. The lowest BCUT2D eigenvalue weighted by Gasteiger charge is -2.08. The third-order valence-electron chi connectivity index (χ3n) is 3.28. The third-order valence-corrected chi connectivity index (χ3v) is 4.78. The molecule has 0 aliphatic rings. The number of aromatic amines is 1. The predicted octanol–water partition coefficient (Wildman–Crippen LogP) is 4.18. The van der Waals surface area contributed by atoms with Crippen molar-refractivity contribution in [2.45, 2.75) is 23.4 Å². The predicted molar refractivity (Wildman–Crippen MR) is 89.2 cm³/mol. The standard InChI is InChI=1S/C16H16ClN3S/c1-10-5-6-13-14(9-10)20-16(19-13)21-15-11(7-8-18)3-2-4-12(15)17/h2-6,9H,7-8,18H2,1H3,(H,19,20). The molecule has 0 aliphatic carbocycles. The van der Waals surface area contributed by atoms with Gasteiger partial charge < -0.3 is 10.7 Å². The molecule has 1 aromatic heterocycles. The van der Waals surface area contributed by atoms with Gasteiger partial charge in [-0.2, -0.15) is 0 Å². The molecule has 3 aromatic rings. The van der Waals surface area contributed by atoms with Crippen LogP contribution in [-0.2, 0) is 6.42 Å². The van der Waals surface area contributed by atoms with Gasteiger partial charge in [0.1, 0.15) is 0 Å². The normalized spacial score (nSPS) is 11.2. The highest BCUT2D eigenvalue weighted by atomic mass is 35.5. The fraction of sp³-hybridized carbons (Fsp3) is 0.188. The molecular formula is C16H16ClN3S. The van der Waals surface area contributed by atoms with Gasteiger partial charge in [0, 0.05) is 4.90 Å². The Morgan fingerprint density at radius 3 is 2.95 bits per heavy atom. The molecule has 0 aliphatic heterocycles. The molecule has 1 heterocycles. The lowest BCUT2D eigenvalue weighted by molar-refractivity contribution is 0.942. The van der Waals surface area contributed by atoms with Crippen molar-refractivity contribution in [3.8, 4) is 0 Å². The number of aryl methyl sites for hydroxylation is 1. The van der Waals surface area contributed by atoms with Crippen molar-refractivity contribution in [1.82, 2.24) is 9.97 Å². The molecule has 0 saturated heterocycles. The van der Waals surface area contributed by atoms with E-state index in [1.165, 1.54) is 5.56 Å². The maximum absolute atomic E-state index is 6.34. The van der Waals surface area contributed by atoms with Crippen LogP contribution < -0.4 is 5.73 Å². The van der Waals surface area contributed by atoms with Crippen LogP contribution in [0.1, 0.15) is 11.1 Å². The topological polar surface area (TPSA) is 54.7 Å². The highest BCUT2D eigenvalue weighted by molar-refractivity contribution is 7.99. The number of rotatable bonds is 4. The van der Waals surface area contributed by atoms with E-state index in [9.17, 15) is 0 Å². The number of fused-ring (bicyclic) bond motifs is 1. The van der Waals surface area contributed by atoms with Gasteiger partial charge >= 0.3 is 0 Å². The third kappa shape index (κ3) is 3.07. The van der Waals surface area contributed by atoms with Crippen LogP contribution in [0, 0.1) is 6.92 Å². The zero-order chi connectivity index (χ0) is 14.8. The Bertz CT molecular complexity index is 782. The van der Waals surface area contributed by atoms with E-state index < -0.39 is 0 Å². The summed E-state index contributed by atoms with van der Waals surface area (Å²) in [6.45, 7) is 2.67. The monoisotopic (exact) mass is 317 g/mol. The van der Waals surface area contributed by atoms with E-state index in [-0.39, 0.29) is 0 Å². The minimum absolute atomic E-state index is 0.604. The fourth-order valence-electron chi connectivity index (χ4n) is 2.27. The molecule has 5 heteroatoms. The van der Waals surface area contributed by atoms with Crippen molar-refractivity contribution < 1.29 is 0 Å². The summed E-state index contributed by atoms with van der Waals surface area (Å²) in [6, 6.07) is 12.1. The first-order chi connectivity index (χ1) is 10.2. The van der Waals surface area contributed by atoms with Crippen LogP contribution in [-0.4, -0.2) is 16.5 Å². The van der Waals surface area contributed by atoms with E-state index in [0.29, 0.717) is 6.54 Å². The molecule has 0 spiro atoms. The second kappa shape index (κ2) is 6.10. The number of imidazole rings is 1. The van der Waals surface area contributed by atoms with Gasteiger partial charge in [-0.1, -0.05) is 29.8 Å². The van der Waals surface area contributed by atoms with E-state index in [4.69, 9.17) is 17.3 Å². The quantitative estimate of drug-likeness (QED) is 0.759. The molecule has 0 atom stereocenters. The van der Waals surface area contributed by atoms with Gasteiger partial charge in [-0.05, 0) is 61.0 Å². The fourth-order valence-corrected chi connectivity index (χ4v) is 3.54. The van der Waals surface area contributed by atoms with Crippen molar-refractivity contribution in [1.29, 1.82) is 0 Å². The van der Waals surface area contributed by atoms with Crippen molar-refractivity contribution in [2.75, 3.05) is 6.54 Å². The first kappa shape index (κ1) is 14.4. The molecule has 0 radical (unpaired) electrons. The maximum Gasteiger partial charge on any atom is 0.171 e. The lowest BCUT2D eigenvalue weighted by atomic mass is 10.1. The summed E-state index contributed by atoms with van der Waals surface area (Å²) in [7, 11) is 0. The maximum atomic E-state index is 6.34. The van der Waals surface area contributed by atoms with Crippen LogP contribution in [0.3, 0.4) is 0 Å². The van der Waals surface area contributed by atoms with Gasteiger partial charge in [0.2, 0.25) is 0 Å². The Morgan fingerprint density at radius 1 is 1.29 bits per heavy atom. The molecule has 2 aromatic carbocycles. The van der Waals surface area contributed by atoms with Crippen LogP contribution in [0.2, 0.25) is 5.02 Å². The summed E-state index contributed by atoms with van der Waals surface area (Å²) in [6.07, 6.45) is 0.808. The number of H-pyrrole nitrogens is 1. The number of nitrogens with one attached hydrogen (secondary N) is 1. The van der Waals surface area contributed by atoms with Crippen molar-refractivity contribution in [3.63, 3.8) is 0 Å². The summed E-state index contributed by atoms with van der Waals surface area (Å²) in [5.74, 6) is 0. The van der Waals surface area contributed by atoms with E-state index >= 15 is 0 Å². The zero-order valence-corrected chi connectivity index (χ0v) is 13.3. The summed E-state index contributed by atoms with van der Waals surface area (Å²) < 4.78 is 0. The highest BCUT2D eigenvalue weighted by Crippen LogP contribution is 2.35. The molecule has 108 valence electrons. The number of hydrogen-bond acceptors (Lipinski definition) is 3. The molecule has 0 amide bonds. The average molecular weight is 318 g/mol. The summed E-state index contributed by atoms with van der Waals surface area (Å²) in [4.78, 5) is 8.98. The van der Waals surface area contributed by atoms with Gasteiger partial charge in [-0.25, -0.2) is 4.98 Å². The van der Waals surface area contributed by atoms with Gasteiger partial charge in [-0.15, -0.1) is 0 Å². The Kier molecular flexibility index (Phi) is 4.19. The first-order valence-corrected chi connectivity index (χ1v) is 7.98. The van der Waals surface area contributed by atoms with Crippen molar-refractivity contribution in [3.05, 3.63) is 52.5 Å². The molecule has 0 saturated carbocycles. The number of benzene rings is 2. The lowest BCUT2D eigenvalue weighted by Crippen LogP contribution is -2.03. The average Bonchev–Trinajstić information content (AvgIpc) is 2.84. The molecule has 21 heavy (non-hydrogen) atoms. The first-order valence-electron chi connectivity index (χ1n) is 6.79. The summed E-state index contributed by atoms with van der Waals surface area (Å²) >= 11 is 7.89. The zero-order valence-electron chi connectivity index (χ0n) is 11.7. The largest absolute Gasteiger partial charge is 0.333 e. The molecule has 0 unspecified atom stereocenters. The van der Waals surface area contributed by atoms with Crippen LogP contribution >= 0.6 is 23.4 Å². The highest BCUT2D eigenvalue weighted by Gasteiger charge is 2.11. The van der Waals surface area contributed by atoms with Crippen molar-refractivity contribution >= 4 is 34.4 Å². The van der Waals surface area contributed by atoms with Gasteiger partial charge in [0.05, 0.1) is 16.1 Å². The Morgan fingerprint density at radius 2 is 2.14 bits per heavy atom. The van der Waals surface area contributed by atoms with Gasteiger partial charge in [-0.3, -0.25) is 0 Å². The molecule has 3 nitrogen and oxygen atoms in total. The number of nitrogens with two attached hydrogens (primary N) is 1. The summed E-state index contributed by atoms with van der Waals surface area (Å²) in [5, 5.41) is 1.59. The molecule has 0 bridgehead atoms. The Hall–Kier alpha value is -1.49. The van der Waals surface area contributed by atoms with Gasteiger partial charge in [0.25, 0.3) is 0 Å². The SMILES string of the molecule is Cc1ccc2nc(Sc3c(Cl)cccc3CCN)[nH]c2c1. The summed E-state index contributed by atoms with van der Waals surface area (Å²) in [5.41, 5.74) is 10.1. The molecule has 3 N–H and O–H groups in total. The minimum Gasteiger partial charge on any atom is -0.333 e. The molecule has 3 rings (SSSR count). The van der Waals surface area contributed by atoms with Gasteiger partial charge in [0.15, 0.2) is 5.16 Å². The van der Waals surface area contributed by atoms with Crippen LogP contribution in [0.4, 0.5) is 0 Å². The van der Waals surface area contributed by atoms with Crippen LogP contribution in [0.5, 0.6) is 0 Å². The number of hydrogen-bond donors (Lipinski definition) is 2. The number of nitrogens with zero attached hydrogens (tertiary/aromatic N) is 1. The van der Waals surface area contributed by atoms with E-state index in [1.807, 2.05) is 18.2 Å². The van der Waals surface area contributed by atoms with E-state index in [0.717, 1.165) is 38.1 Å². The molecule has 0 fully saturated rings. The van der Waals surface area contributed by atoms with E-state index in [1.54, 1.807) is 11.8 Å². The second-order valence-electron chi connectivity index (χ2n) is 4.93.